The van der Waals surface area contributed by atoms with E-state index in [1.54, 1.807) is 23.2 Å². The molecule has 0 saturated carbocycles. The van der Waals surface area contributed by atoms with Crippen molar-refractivity contribution in [1.82, 2.24) is 14.8 Å². The number of pyridine rings is 1. The Labute approximate surface area is 137 Å². The number of piperazine rings is 1. The number of hydrogen-bond donors (Lipinski definition) is 1. The minimum atomic E-state index is 0. The standard InChI is InChI=1S/C15H22N4O2.ClH/c1-11(2)15(21)19-7-5-18(6-8-19)14(20)9-13-4-3-12(16)10-17-13;/h3-4,10-11H,5-9,16H2,1-2H3;1H. The Morgan fingerprint density at radius 3 is 2.27 bits per heavy atom. The van der Waals surface area contributed by atoms with Crippen molar-refractivity contribution in [2.24, 2.45) is 5.92 Å². The molecular weight excluding hydrogens is 304 g/mol. The summed E-state index contributed by atoms with van der Waals surface area (Å²) < 4.78 is 0. The number of hydrogen-bond acceptors (Lipinski definition) is 4. The van der Waals surface area contributed by atoms with Crippen LogP contribution < -0.4 is 5.73 Å². The van der Waals surface area contributed by atoms with Gasteiger partial charge in [0, 0.05) is 37.8 Å². The van der Waals surface area contributed by atoms with E-state index in [4.69, 9.17) is 5.73 Å². The van der Waals surface area contributed by atoms with Gasteiger partial charge >= 0.3 is 0 Å². The zero-order valence-corrected chi connectivity index (χ0v) is 13.8. The van der Waals surface area contributed by atoms with Crippen LogP contribution in [0.4, 0.5) is 5.69 Å². The third-order valence-corrected chi connectivity index (χ3v) is 3.62. The fourth-order valence-corrected chi connectivity index (χ4v) is 2.35. The molecule has 0 aliphatic carbocycles. The van der Waals surface area contributed by atoms with E-state index in [0.717, 1.165) is 5.69 Å². The number of amides is 2. The van der Waals surface area contributed by atoms with E-state index in [2.05, 4.69) is 4.98 Å². The van der Waals surface area contributed by atoms with Gasteiger partial charge in [-0.1, -0.05) is 13.8 Å². The second-order valence-electron chi connectivity index (χ2n) is 5.62. The molecule has 0 unspecified atom stereocenters. The summed E-state index contributed by atoms with van der Waals surface area (Å²) in [7, 11) is 0. The molecule has 0 spiro atoms. The van der Waals surface area contributed by atoms with E-state index >= 15 is 0 Å². The lowest BCUT2D eigenvalue weighted by molar-refractivity contribution is -0.141. The Kier molecular flexibility index (Phi) is 6.61. The van der Waals surface area contributed by atoms with Crippen molar-refractivity contribution in [3.63, 3.8) is 0 Å². The zero-order chi connectivity index (χ0) is 15.4. The van der Waals surface area contributed by atoms with Crippen LogP contribution in [0.2, 0.25) is 0 Å². The second-order valence-corrected chi connectivity index (χ2v) is 5.62. The van der Waals surface area contributed by atoms with E-state index < -0.39 is 0 Å². The number of rotatable bonds is 3. The van der Waals surface area contributed by atoms with Gasteiger partial charge in [0.1, 0.15) is 0 Å². The van der Waals surface area contributed by atoms with E-state index in [1.165, 1.54) is 0 Å². The fourth-order valence-electron chi connectivity index (χ4n) is 2.35. The smallest absolute Gasteiger partial charge is 0.228 e. The Balaban J connectivity index is 0.00000242. The Morgan fingerprint density at radius 1 is 1.18 bits per heavy atom. The maximum absolute atomic E-state index is 12.2. The molecule has 2 amide bonds. The third kappa shape index (κ3) is 4.59. The average molecular weight is 327 g/mol. The van der Waals surface area contributed by atoms with Gasteiger partial charge in [-0.15, -0.1) is 12.4 Å². The number of halogens is 1. The van der Waals surface area contributed by atoms with E-state index in [1.807, 2.05) is 18.7 Å². The summed E-state index contributed by atoms with van der Waals surface area (Å²) in [5.41, 5.74) is 6.88. The molecule has 2 heterocycles. The first kappa shape index (κ1) is 18.2. The van der Waals surface area contributed by atoms with Crippen molar-refractivity contribution in [2.75, 3.05) is 31.9 Å². The number of carbonyl (C=O) groups excluding carboxylic acids is 2. The molecule has 6 nitrogen and oxygen atoms in total. The number of nitrogens with two attached hydrogens (primary N) is 1. The van der Waals surface area contributed by atoms with E-state index in [-0.39, 0.29) is 36.6 Å². The molecule has 1 aliphatic rings. The van der Waals surface area contributed by atoms with Crippen LogP contribution in [0.1, 0.15) is 19.5 Å². The summed E-state index contributed by atoms with van der Waals surface area (Å²) in [6.45, 7) is 6.19. The maximum Gasteiger partial charge on any atom is 0.228 e. The predicted molar refractivity (Wildman–Crippen MR) is 87.6 cm³/mol. The molecular formula is C15H23ClN4O2. The highest BCUT2D eigenvalue weighted by Gasteiger charge is 2.25. The van der Waals surface area contributed by atoms with Crippen molar-refractivity contribution in [3.8, 4) is 0 Å². The van der Waals surface area contributed by atoms with Crippen LogP contribution in [0.5, 0.6) is 0 Å². The Bertz CT molecular complexity index is 511. The van der Waals surface area contributed by atoms with Crippen LogP contribution in [-0.2, 0) is 16.0 Å². The largest absolute Gasteiger partial charge is 0.397 e. The minimum absolute atomic E-state index is 0. The first-order chi connectivity index (χ1) is 9.97. The lowest BCUT2D eigenvalue weighted by Gasteiger charge is -2.35. The van der Waals surface area contributed by atoms with Crippen molar-refractivity contribution in [1.29, 1.82) is 0 Å². The number of carbonyl (C=O) groups is 2. The van der Waals surface area contributed by atoms with Crippen LogP contribution in [0.25, 0.3) is 0 Å². The highest BCUT2D eigenvalue weighted by atomic mass is 35.5. The molecule has 0 radical (unpaired) electrons. The molecule has 1 aromatic heterocycles. The normalized spacial score (nSPS) is 14.7. The topological polar surface area (TPSA) is 79.5 Å². The van der Waals surface area contributed by atoms with Gasteiger partial charge in [-0.25, -0.2) is 0 Å². The molecule has 1 aromatic rings. The Hall–Kier alpha value is -1.82. The van der Waals surface area contributed by atoms with Crippen molar-refractivity contribution in [2.45, 2.75) is 20.3 Å². The molecule has 1 saturated heterocycles. The minimum Gasteiger partial charge on any atom is -0.397 e. The van der Waals surface area contributed by atoms with E-state index in [0.29, 0.717) is 31.9 Å². The van der Waals surface area contributed by atoms with E-state index in [9.17, 15) is 9.59 Å². The SMILES string of the molecule is CC(C)C(=O)N1CCN(C(=O)Cc2ccc(N)cn2)CC1.Cl. The number of anilines is 1. The lowest BCUT2D eigenvalue weighted by atomic mass is 10.1. The van der Waals surface area contributed by atoms with Crippen molar-refractivity contribution >= 4 is 29.9 Å². The zero-order valence-electron chi connectivity index (χ0n) is 13.0. The van der Waals surface area contributed by atoms with Crippen LogP contribution >= 0.6 is 12.4 Å². The number of nitrogens with zero attached hydrogens (tertiary/aromatic N) is 3. The summed E-state index contributed by atoms with van der Waals surface area (Å²) in [4.78, 5) is 31.9. The number of aromatic nitrogens is 1. The molecule has 2 N–H and O–H groups in total. The molecule has 22 heavy (non-hydrogen) atoms. The van der Waals surface area contributed by atoms with Crippen LogP contribution in [-0.4, -0.2) is 52.8 Å². The van der Waals surface area contributed by atoms with Gasteiger partial charge in [0.15, 0.2) is 0 Å². The summed E-state index contributed by atoms with van der Waals surface area (Å²) in [5, 5.41) is 0. The first-order valence-electron chi connectivity index (χ1n) is 7.24. The quantitative estimate of drug-likeness (QED) is 0.897. The van der Waals surface area contributed by atoms with Gasteiger partial charge in [0.05, 0.1) is 18.3 Å². The fraction of sp³-hybridized carbons (Fsp3) is 0.533. The van der Waals surface area contributed by atoms with Crippen molar-refractivity contribution < 1.29 is 9.59 Å². The van der Waals surface area contributed by atoms with Crippen LogP contribution in [0, 0.1) is 5.92 Å². The molecule has 2 rings (SSSR count). The van der Waals surface area contributed by atoms with Crippen LogP contribution in [0.3, 0.4) is 0 Å². The average Bonchev–Trinajstić information content (AvgIpc) is 2.49. The molecule has 1 fully saturated rings. The Morgan fingerprint density at radius 2 is 1.77 bits per heavy atom. The van der Waals surface area contributed by atoms with Crippen LogP contribution in [0.15, 0.2) is 18.3 Å². The van der Waals surface area contributed by atoms with Gasteiger partial charge < -0.3 is 15.5 Å². The monoisotopic (exact) mass is 326 g/mol. The summed E-state index contributed by atoms with van der Waals surface area (Å²) in [5.74, 6) is 0.206. The summed E-state index contributed by atoms with van der Waals surface area (Å²) in [6.07, 6.45) is 1.83. The second kappa shape index (κ2) is 7.98. The van der Waals surface area contributed by atoms with Gasteiger partial charge in [-0.3, -0.25) is 14.6 Å². The molecule has 0 atom stereocenters. The molecule has 7 heteroatoms. The molecule has 1 aliphatic heterocycles. The highest BCUT2D eigenvalue weighted by molar-refractivity contribution is 5.85. The summed E-state index contributed by atoms with van der Waals surface area (Å²) in [6, 6.07) is 3.51. The molecule has 0 aromatic carbocycles. The molecule has 0 bridgehead atoms. The third-order valence-electron chi connectivity index (χ3n) is 3.62. The maximum atomic E-state index is 12.2. The van der Waals surface area contributed by atoms with Gasteiger partial charge in [0.25, 0.3) is 0 Å². The van der Waals surface area contributed by atoms with Gasteiger partial charge in [-0.2, -0.15) is 0 Å². The first-order valence-corrected chi connectivity index (χ1v) is 7.24. The highest BCUT2D eigenvalue weighted by Crippen LogP contribution is 2.09. The summed E-state index contributed by atoms with van der Waals surface area (Å²) >= 11 is 0. The van der Waals surface area contributed by atoms with Crippen molar-refractivity contribution in [3.05, 3.63) is 24.0 Å². The molecule has 122 valence electrons. The number of nitrogen functional groups attached to an aromatic ring is 1. The van der Waals surface area contributed by atoms with Gasteiger partial charge in [-0.05, 0) is 12.1 Å². The predicted octanol–water partition coefficient (Wildman–Crippen LogP) is 0.955. The lowest BCUT2D eigenvalue weighted by Crippen LogP contribution is -2.51. The van der Waals surface area contributed by atoms with Gasteiger partial charge in [0.2, 0.25) is 11.8 Å².